The molecule has 15 heavy (non-hydrogen) atoms. The van der Waals surface area contributed by atoms with Crippen LogP contribution < -0.4 is 5.32 Å². The maximum absolute atomic E-state index is 11.1. The van der Waals surface area contributed by atoms with Crippen LogP contribution in [-0.2, 0) is 14.3 Å². The van der Waals surface area contributed by atoms with Crippen LogP contribution >= 0.6 is 0 Å². The topological polar surface area (TPSA) is 47.6 Å². The summed E-state index contributed by atoms with van der Waals surface area (Å²) in [5.41, 5.74) is 0. The SMILES string of the molecule is CCOCCCNC(C)CC(=O)OCC. The lowest BCUT2D eigenvalue weighted by Gasteiger charge is -2.12. The zero-order valence-corrected chi connectivity index (χ0v) is 10.0. The highest BCUT2D eigenvalue weighted by atomic mass is 16.5. The van der Waals surface area contributed by atoms with Crippen molar-refractivity contribution in [1.82, 2.24) is 5.32 Å². The van der Waals surface area contributed by atoms with Crippen molar-refractivity contribution in [2.75, 3.05) is 26.4 Å². The molecule has 90 valence electrons. The molecule has 0 aromatic rings. The zero-order chi connectivity index (χ0) is 11.5. The second-order valence-electron chi connectivity index (χ2n) is 3.41. The molecule has 0 rings (SSSR count). The number of rotatable bonds is 9. The maximum atomic E-state index is 11.1. The summed E-state index contributed by atoms with van der Waals surface area (Å²) >= 11 is 0. The summed E-state index contributed by atoms with van der Waals surface area (Å²) < 4.78 is 10.1. The predicted molar refractivity (Wildman–Crippen MR) is 59.8 cm³/mol. The van der Waals surface area contributed by atoms with Gasteiger partial charge < -0.3 is 14.8 Å². The molecule has 4 nitrogen and oxygen atoms in total. The predicted octanol–water partition coefficient (Wildman–Crippen LogP) is 1.34. The van der Waals surface area contributed by atoms with Crippen molar-refractivity contribution in [2.24, 2.45) is 0 Å². The van der Waals surface area contributed by atoms with Crippen LogP contribution in [0.5, 0.6) is 0 Å². The van der Waals surface area contributed by atoms with E-state index in [-0.39, 0.29) is 12.0 Å². The smallest absolute Gasteiger partial charge is 0.307 e. The van der Waals surface area contributed by atoms with Gasteiger partial charge in [0.05, 0.1) is 13.0 Å². The van der Waals surface area contributed by atoms with Crippen LogP contribution in [0.2, 0.25) is 0 Å². The fourth-order valence-electron chi connectivity index (χ4n) is 1.21. The van der Waals surface area contributed by atoms with Crippen LogP contribution in [0, 0.1) is 0 Å². The third-order valence-corrected chi connectivity index (χ3v) is 1.94. The minimum atomic E-state index is -0.137. The van der Waals surface area contributed by atoms with Gasteiger partial charge in [0.2, 0.25) is 0 Å². The molecular formula is C11H23NO3. The van der Waals surface area contributed by atoms with E-state index in [2.05, 4.69) is 5.32 Å². The van der Waals surface area contributed by atoms with Gasteiger partial charge in [-0.1, -0.05) is 0 Å². The van der Waals surface area contributed by atoms with Crippen molar-refractivity contribution < 1.29 is 14.3 Å². The average Bonchev–Trinajstić information content (AvgIpc) is 2.17. The van der Waals surface area contributed by atoms with Crippen LogP contribution in [0.1, 0.15) is 33.6 Å². The van der Waals surface area contributed by atoms with Gasteiger partial charge in [-0.2, -0.15) is 0 Å². The first-order valence-corrected chi connectivity index (χ1v) is 5.67. The number of nitrogens with one attached hydrogen (secondary N) is 1. The van der Waals surface area contributed by atoms with Crippen molar-refractivity contribution >= 4 is 5.97 Å². The highest BCUT2D eigenvalue weighted by molar-refractivity contribution is 5.69. The fourth-order valence-corrected chi connectivity index (χ4v) is 1.21. The van der Waals surface area contributed by atoms with Crippen molar-refractivity contribution in [1.29, 1.82) is 0 Å². The van der Waals surface area contributed by atoms with Crippen LogP contribution in [0.4, 0.5) is 0 Å². The van der Waals surface area contributed by atoms with Crippen LogP contribution in [0.3, 0.4) is 0 Å². The number of hydrogen-bond acceptors (Lipinski definition) is 4. The lowest BCUT2D eigenvalue weighted by Crippen LogP contribution is -2.30. The Bertz CT molecular complexity index is 162. The standard InChI is InChI=1S/C11H23NO3/c1-4-14-8-6-7-12-10(3)9-11(13)15-5-2/h10,12H,4-9H2,1-3H3. The summed E-state index contributed by atoms with van der Waals surface area (Å²) in [4.78, 5) is 11.1. The van der Waals surface area contributed by atoms with Gasteiger partial charge >= 0.3 is 5.97 Å². The van der Waals surface area contributed by atoms with Crippen molar-refractivity contribution in [2.45, 2.75) is 39.7 Å². The first-order chi connectivity index (χ1) is 7.20. The Labute approximate surface area is 92.3 Å². The summed E-state index contributed by atoms with van der Waals surface area (Å²) in [7, 11) is 0. The summed E-state index contributed by atoms with van der Waals surface area (Å²) in [6, 6.07) is 0.172. The number of hydrogen-bond donors (Lipinski definition) is 1. The molecule has 0 aliphatic rings. The number of carbonyl (C=O) groups is 1. The fraction of sp³-hybridized carbons (Fsp3) is 0.909. The monoisotopic (exact) mass is 217 g/mol. The second-order valence-corrected chi connectivity index (χ2v) is 3.41. The molecule has 0 saturated heterocycles. The minimum absolute atomic E-state index is 0.137. The van der Waals surface area contributed by atoms with E-state index in [9.17, 15) is 4.79 Å². The van der Waals surface area contributed by atoms with Gasteiger partial charge in [-0.15, -0.1) is 0 Å². The first kappa shape index (κ1) is 14.4. The Morgan fingerprint density at radius 1 is 1.33 bits per heavy atom. The molecule has 0 aromatic heterocycles. The third-order valence-electron chi connectivity index (χ3n) is 1.94. The molecule has 1 N–H and O–H groups in total. The van der Waals surface area contributed by atoms with Gasteiger partial charge in [0, 0.05) is 19.3 Å². The maximum Gasteiger partial charge on any atom is 0.307 e. The molecule has 0 bridgehead atoms. The lowest BCUT2D eigenvalue weighted by molar-refractivity contribution is -0.143. The Morgan fingerprint density at radius 3 is 2.67 bits per heavy atom. The largest absolute Gasteiger partial charge is 0.466 e. The molecule has 0 radical (unpaired) electrons. The van der Waals surface area contributed by atoms with Gasteiger partial charge in [-0.3, -0.25) is 4.79 Å². The van der Waals surface area contributed by atoms with Crippen molar-refractivity contribution in [3.05, 3.63) is 0 Å². The van der Waals surface area contributed by atoms with E-state index >= 15 is 0 Å². The van der Waals surface area contributed by atoms with Gasteiger partial charge in [0.15, 0.2) is 0 Å². The number of esters is 1. The van der Waals surface area contributed by atoms with E-state index in [0.717, 1.165) is 26.2 Å². The summed E-state index contributed by atoms with van der Waals surface area (Å²) in [6.07, 6.45) is 1.41. The van der Waals surface area contributed by atoms with E-state index in [4.69, 9.17) is 9.47 Å². The highest BCUT2D eigenvalue weighted by Gasteiger charge is 2.08. The Kier molecular flexibility index (Phi) is 9.52. The molecule has 0 amide bonds. The zero-order valence-electron chi connectivity index (χ0n) is 10.0. The van der Waals surface area contributed by atoms with Crippen molar-refractivity contribution in [3.8, 4) is 0 Å². The Hall–Kier alpha value is -0.610. The molecule has 1 unspecified atom stereocenters. The number of carbonyl (C=O) groups excluding carboxylic acids is 1. The molecule has 0 aromatic carbocycles. The van der Waals surface area contributed by atoms with E-state index in [1.54, 1.807) is 0 Å². The van der Waals surface area contributed by atoms with E-state index in [0.29, 0.717) is 13.0 Å². The van der Waals surface area contributed by atoms with Gasteiger partial charge in [-0.25, -0.2) is 0 Å². The third kappa shape index (κ3) is 9.69. The Morgan fingerprint density at radius 2 is 2.07 bits per heavy atom. The molecule has 0 aliphatic heterocycles. The van der Waals surface area contributed by atoms with Crippen LogP contribution in [-0.4, -0.2) is 38.4 Å². The molecule has 0 spiro atoms. The van der Waals surface area contributed by atoms with Crippen LogP contribution in [0.15, 0.2) is 0 Å². The molecule has 0 fully saturated rings. The molecule has 0 aliphatic carbocycles. The average molecular weight is 217 g/mol. The van der Waals surface area contributed by atoms with Gasteiger partial charge in [0.1, 0.15) is 0 Å². The van der Waals surface area contributed by atoms with E-state index < -0.39 is 0 Å². The molecule has 4 heteroatoms. The summed E-state index contributed by atoms with van der Waals surface area (Å²) in [5.74, 6) is -0.137. The van der Waals surface area contributed by atoms with Gasteiger partial charge in [0.25, 0.3) is 0 Å². The normalized spacial score (nSPS) is 12.5. The van der Waals surface area contributed by atoms with Crippen LogP contribution in [0.25, 0.3) is 0 Å². The van der Waals surface area contributed by atoms with Crippen molar-refractivity contribution in [3.63, 3.8) is 0 Å². The lowest BCUT2D eigenvalue weighted by atomic mass is 10.2. The quantitative estimate of drug-likeness (QED) is 0.468. The molecule has 0 saturated carbocycles. The first-order valence-electron chi connectivity index (χ1n) is 5.67. The van der Waals surface area contributed by atoms with E-state index in [1.165, 1.54) is 0 Å². The highest BCUT2D eigenvalue weighted by Crippen LogP contribution is 1.94. The van der Waals surface area contributed by atoms with Gasteiger partial charge in [-0.05, 0) is 33.7 Å². The minimum Gasteiger partial charge on any atom is -0.466 e. The molecule has 0 heterocycles. The summed E-state index contributed by atoms with van der Waals surface area (Å²) in [6.45, 7) is 8.65. The molecular weight excluding hydrogens is 194 g/mol. The summed E-state index contributed by atoms with van der Waals surface area (Å²) in [5, 5.41) is 3.25. The van der Waals surface area contributed by atoms with E-state index in [1.807, 2.05) is 20.8 Å². The second kappa shape index (κ2) is 9.93. The molecule has 1 atom stereocenters. The number of ether oxygens (including phenoxy) is 2. The Balaban J connectivity index is 3.32.